The zero-order chi connectivity index (χ0) is 27.2. The van der Waals surface area contributed by atoms with E-state index in [1.54, 1.807) is 28.8 Å². The van der Waals surface area contributed by atoms with Gasteiger partial charge in [-0.1, -0.05) is 38.3 Å². The number of carbonyl (C=O) groups is 3. The molecular formula is C29H46N2O5S. The van der Waals surface area contributed by atoms with Gasteiger partial charge in [0.1, 0.15) is 6.04 Å². The van der Waals surface area contributed by atoms with Crippen molar-refractivity contribution in [1.29, 1.82) is 0 Å². The van der Waals surface area contributed by atoms with E-state index in [9.17, 15) is 14.4 Å². The Labute approximate surface area is 227 Å². The van der Waals surface area contributed by atoms with Crippen LogP contribution in [0.2, 0.25) is 0 Å². The third kappa shape index (κ3) is 5.65. The second-order valence-electron chi connectivity index (χ2n) is 11.1. The van der Waals surface area contributed by atoms with Crippen LogP contribution in [0.15, 0.2) is 25.3 Å². The standard InChI is InChI=1S/C29H46N2O5S/c1-6-9-20-36-27(35)23-22-25(33)31(18-12-10-11-13-19-32)24(29(22)16-15-28(23,5)37-29)26(34)30(17-8-3)21(4)14-7-2/h6,8,21-24,32H,1,3,7,9-20H2,2,4-5H3/t21?,22-,23-,24?,28+,29?/m0/s1. The van der Waals surface area contributed by atoms with Crippen molar-refractivity contribution < 1.29 is 24.2 Å². The van der Waals surface area contributed by atoms with Gasteiger partial charge in [-0.25, -0.2) is 0 Å². The Kier molecular flexibility index (Phi) is 10.3. The summed E-state index contributed by atoms with van der Waals surface area (Å²) in [4.78, 5) is 45.5. The zero-order valence-corrected chi connectivity index (χ0v) is 23.8. The van der Waals surface area contributed by atoms with E-state index in [0.29, 0.717) is 19.5 Å². The molecule has 3 aliphatic heterocycles. The highest BCUT2D eigenvalue weighted by atomic mass is 32.2. The smallest absolute Gasteiger partial charge is 0.311 e. The van der Waals surface area contributed by atoms with Crippen LogP contribution in [-0.2, 0) is 19.1 Å². The number of esters is 1. The first kappa shape index (κ1) is 29.8. The van der Waals surface area contributed by atoms with Crippen LogP contribution in [0, 0.1) is 11.8 Å². The van der Waals surface area contributed by atoms with E-state index >= 15 is 0 Å². The molecule has 3 aliphatic rings. The Hall–Kier alpha value is -1.80. The lowest BCUT2D eigenvalue weighted by molar-refractivity contribution is -0.155. The predicted molar refractivity (Wildman–Crippen MR) is 148 cm³/mol. The van der Waals surface area contributed by atoms with Crippen LogP contribution in [-0.4, -0.2) is 80.6 Å². The zero-order valence-electron chi connectivity index (χ0n) is 23.0. The number of ether oxygens (including phenoxy) is 1. The van der Waals surface area contributed by atoms with Crippen molar-refractivity contribution >= 4 is 29.5 Å². The topological polar surface area (TPSA) is 87.1 Å². The van der Waals surface area contributed by atoms with Crippen molar-refractivity contribution in [3.63, 3.8) is 0 Å². The van der Waals surface area contributed by atoms with Gasteiger partial charge >= 0.3 is 5.97 Å². The molecular weight excluding hydrogens is 488 g/mol. The minimum atomic E-state index is -0.624. The fourth-order valence-electron chi connectivity index (χ4n) is 6.74. The van der Waals surface area contributed by atoms with Crippen molar-refractivity contribution in [1.82, 2.24) is 9.80 Å². The number of unbranched alkanes of at least 4 members (excludes halogenated alkanes) is 3. The highest BCUT2D eigenvalue weighted by Crippen LogP contribution is 2.71. The highest BCUT2D eigenvalue weighted by molar-refractivity contribution is 8.02. The summed E-state index contributed by atoms with van der Waals surface area (Å²) in [5.41, 5.74) is 0. The van der Waals surface area contributed by atoms with Crippen molar-refractivity contribution in [3.8, 4) is 0 Å². The van der Waals surface area contributed by atoms with Crippen molar-refractivity contribution in [3.05, 3.63) is 25.3 Å². The number of hydrogen-bond acceptors (Lipinski definition) is 6. The van der Waals surface area contributed by atoms with Gasteiger partial charge < -0.3 is 19.6 Å². The molecule has 0 aromatic rings. The molecule has 0 radical (unpaired) electrons. The number of likely N-dealkylation sites (tertiary alicyclic amines) is 1. The highest BCUT2D eigenvalue weighted by Gasteiger charge is 2.77. The van der Waals surface area contributed by atoms with Crippen LogP contribution in [0.25, 0.3) is 0 Å². The molecule has 3 unspecified atom stereocenters. The van der Waals surface area contributed by atoms with Gasteiger partial charge in [0, 0.05) is 30.5 Å². The first-order valence-corrected chi connectivity index (χ1v) is 14.8. The maximum absolute atomic E-state index is 14.4. The molecule has 6 atom stereocenters. The van der Waals surface area contributed by atoms with Gasteiger partial charge in [-0.2, -0.15) is 0 Å². The molecule has 37 heavy (non-hydrogen) atoms. The van der Waals surface area contributed by atoms with Crippen molar-refractivity contribution in [2.24, 2.45) is 11.8 Å². The molecule has 7 nitrogen and oxygen atoms in total. The lowest BCUT2D eigenvalue weighted by Crippen LogP contribution is -2.56. The Balaban J connectivity index is 1.97. The Morgan fingerprint density at radius 2 is 1.97 bits per heavy atom. The van der Waals surface area contributed by atoms with Crippen LogP contribution in [0.5, 0.6) is 0 Å². The fourth-order valence-corrected chi connectivity index (χ4v) is 9.08. The molecule has 3 saturated heterocycles. The number of amides is 2. The van der Waals surface area contributed by atoms with Gasteiger partial charge in [0.15, 0.2) is 0 Å². The van der Waals surface area contributed by atoms with Crippen LogP contribution in [0.3, 0.4) is 0 Å². The summed E-state index contributed by atoms with van der Waals surface area (Å²) in [7, 11) is 0. The van der Waals surface area contributed by atoms with E-state index in [0.717, 1.165) is 51.4 Å². The number of rotatable bonds is 16. The Bertz CT molecular complexity index is 865. The average molecular weight is 535 g/mol. The number of fused-ring (bicyclic) bond motifs is 1. The van der Waals surface area contributed by atoms with Gasteiger partial charge in [-0.15, -0.1) is 24.9 Å². The van der Waals surface area contributed by atoms with E-state index in [1.165, 1.54) is 0 Å². The van der Waals surface area contributed by atoms with Crippen LogP contribution in [0.4, 0.5) is 0 Å². The fraction of sp³-hybridized carbons (Fsp3) is 0.759. The van der Waals surface area contributed by atoms with Crippen LogP contribution < -0.4 is 0 Å². The van der Waals surface area contributed by atoms with Crippen molar-refractivity contribution in [2.45, 2.75) is 100 Å². The third-order valence-corrected chi connectivity index (χ3v) is 10.5. The molecule has 3 heterocycles. The summed E-state index contributed by atoms with van der Waals surface area (Å²) < 4.78 is 4.58. The maximum Gasteiger partial charge on any atom is 0.311 e. The summed E-state index contributed by atoms with van der Waals surface area (Å²) in [5, 5.41) is 9.13. The van der Waals surface area contributed by atoms with E-state index in [2.05, 4.69) is 33.9 Å². The number of hydrogen-bond donors (Lipinski definition) is 1. The second-order valence-corrected chi connectivity index (χ2v) is 13.0. The lowest BCUT2D eigenvalue weighted by atomic mass is 9.66. The molecule has 208 valence electrons. The van der Waals surface area contributed by atoms with Gasteiger partial charge in [0.05, 0.1) is 23.2 Å². The average Bonchev–Trinajstić information content (AvgIpc) is 3.43. The first-order chi connectivity index (χ1) is 17.7. The largest absolute Gasteiger partial charge is 0.465 e. The number of aliphatic hydroxyl groups excluding tert-OH is 1. The number of carbonyl (C=O) groups excluding carboxylic acids is 3. The summed E-state index contributed by atoms with van der Waals surface area (Å²) in [6.45, 7) is 15.2. The molecule has 3 rings (SSSR count). The molecule has 0 aliphatic carbocycles. The number of aliphatic hydroxyl groups is 1. The molecule has 0 saturated carbocycles. The monoisotopic (exact) mass is 534 g/mol. The summed E-state index contributed by atoms with van der Waals surface area (Å²) in [6.07, 6.45) is 10.7. The summed E-state index contributed by atoms with van der Waals surface area (Å²) in [6, 6.07) is -0.564. The number of nitrogens with zero attached hydrogens (tertiary/aromatic N) is 2. The van der Waals surface area contributed by atoms with E-state index in [-0.39, 0.29) is 37.0 Å². The van der Waals surface area contributed by atoms with E-state index in [1.807, 2.05) is 4.90 Å². The molecule has 1 N–H and O–H groups in total. The van der Waals surface area contributed by atoms with E-state index in [4.69, 9.17) is 9.84 Å². The van der Waals surface area contributed by atoms with Gasteiger partial charge in [-0.05, 0) is 52.4 Å². The second kappa shape index (κ2) is 12.8. The van der Waals surface area contributed by atoms with Gasteiger partial charge in [-0.3, -0.25) is 14.4 Å². The minimum Gasteiger partial charge on any atom is -0.465 e. The predicted octanol–water partition coefficient (Wildman–Crippen LogP) is 4.34. The first-order valence-electron chi connectivity index (χ1n) is 14.0. The lowest BCUT2D eigenvalue weighted by Gasteiger charge is -2.39. The molecule has 1 spiro atoms. The van der Waals surface area contributed by atoms with Crippen LogP contribution >= 0.6 is 11.8 Å². The summed E-state index contributed by atoms with van der Waals surface area (Å²) in [5.74, 6) is -1.53. The molecule has 0 aromatic heterocycles. The number of thioether (sulfide) groups is 1. The Morgan fingerprint density at radius 1 is 1.24 bits per heavy atom. The molecule has 3 fully saturated rings. The van der Waals surface area contributed by atoms with Crippen molar-refractivity contribution in [2.75, 3.05) is 26.3 Å². The quantitative estimate of drug-likeness (QED) is 0.180. The minimum absolute atomic E-state index is 0.0236. The third-order valence-electron chi connectivity index (χ3n) is 8.49. The van der Waals surface area contributed by atoms with Gasteiger partial charge in [0.2, 0.25) is 11.8 Å². The molecule has 2 bridgehead atoms. The maximum atomic E-state index is 14.4. The Morgan fingerprint density at radius 3 is 2.62 bits per heavy atom. The van der Waals surface area contributed by atoms with Crippen LogP contribution in [0.1, 0.15) is 78.6 Å². The van der Waals surface area contributed by atoms with Gasteiger partial charge in [0.25, 0.3) is 0 Å². The molecule has 0 aromatic carbocycles. The SMILES string of the molecule is C=CCCOC(=O)[C@@H]1[C@H]2C(=O)N(CCCCCCO)C(C(=O)N(CC=C)C(C)CCC)C23CC[C@@]1(C)S3. The molecule has 2 amide bonds. The molecule has 8 heteroatoms. The van der Waals surface area contributed by atoms with E-state index < -0.39 is 27.4 Å². The summed E-state index contributed by atoms with van der Waals surface area (Å²) >= 11 is 1.69. The normalized spacial score (nSPS) is 30.8.